The van der Waals surface area contributed by atoms with Crippen molar-refractivity contribution in [2.45, 2.75) is 23.2 Å². The minimum absolute atomic E-state index is 0.0744. The SMILES string of the molecule is O=C(O)c1cccc(NC(=O)C2(c3ccccc3)CCN(S(=O)(=O)c3ccccc3)CC2)c1. The number of sulfonamides is 1. The molecule has 1 aliphatic rings. The lowest BCUT2D eigenvalue weighted by atomic mass is 9.72. The minimum Gasteiger partial charge on any atom is -0.478 e. The van der Waals surface area contributed by atoms with Crippen LogP contribution in [0, 0.1) is 0 Å². The van der Waals surface area contributed by atoms with Crippen molar-refractivity contribution in [2.24, 2.45) is 0 Å². The third kappa shape index (κ3) is 4.53. The van der Waals surface area contributed by atoms with Gasteiger partial charge in [0.05, 0.1) is 15.9 Å². The maximum Gasteiger partial charge on any atom is 0.335 e. The van der Waals surface area contributed by atoms with Gasteiger partial charge in [-0.3, -0.25) is 4.79 Å². The van der Waals surface area contributed by atoms with E-state index in [-0.39, 0.29) is 29.5 Å². The highest BCUT2D eigenvalue weighted by Gasteiger charge is 2.45. The van der Waals surface area contributed by atoms with Crippen LogP contribution >= 0.6 is 0 Å². The Labute approximate surface area is 192 Å². The Hall–Kier alpha value is -3.49. The Bertz CT molecular complexity index is 1250. The average molecular weight is 465 g/mol. The third-order valence-electron chi connectivity index (χ3n) is 6.09. The number of amides is 1. The van der Waals surface area contributed by atoms with Gasteiger partial charge in [-0.2, -0.15) is 4.31 Å². The molecule has 0 unspecified atom stereocenters. The first-order valence-corrected chi connectivity index (χ1v) is 12.0. The van der Waals surface area contributed by atoms with Crippen LogP contribution in [0.15, 0.2) is 89.8 Å². The average Bonchev–Trinajstić information content (AvgIpc) is 2.85. The van der Waals surface area contributed by atoms with Gasteiger partial charge in [-0.25, -0.2) is 13.2 Å². The van der Waals surface area contributed by atoms with Crippen LogP contribution in [0.1, 0.15) is 28.8 Å². The van der Waals surface area contributed by atoms with E-state index in [9.17, 15) is 23.1 Å². The van der Waals surface area contributed by atoms with Crippen molar-refractivity contribution >= 4 is 27.6 Å². The molecule has 0 radical (unpaired) electrons. The van der Waals surface area contributed by atoms with Crippen molar-refractivity contribution in [3.05, 3.63) is 96.1 Å². The van der Waals surface area contributed by atoms with Crippen molar-refractivity contribution in [1.82, 2.24) is 4.31 Å². The van der Waals surface area contributed by atoms with E-state index in [4.69, 9.17) is 0 Å². The van der Waals surface area contributed by atoms with E-state index in [0.717, 1.165) is 5.56 Å². The molecular formula is C25H24N2O5S. The Morgan fingerprint density at radius 1 is 0.848 bits per heavy atom. The fourth-order valence-electron chi connectivity index (χ4n) is 4.23. The lowest BCUT2D eigenvalue weighted by molar-refractivity contribution is -0.123. The van der Waals surface area contributed by atoms with Crippen molar-refractivity contribution < 1.29 is 23.1 Å². The fraction of sp³-hybridized carbons (Fsp3) is 0.200. The zero-order valence-electron chi connectivity index (χ0n) is 17.8. The summed E-state index contributed by atoms with van der Waals surface area (Å²) in [6.07, 6.45) is 0.598. The van der Waals surface area contributed by atoms with Crippen LogP contribution in [0.5, 0.6) is 0 Å². The molecule has 170 valence electrons. The number of hydrogen-bond donors (Lipinski definition) is 2. The van der Waals surface area contributed by atoms with Crippen molar-refractivity contribution in [2.75, 3.05) is 18.4 Å². The number of carbonyl (C=O) groups is 2. The zero-order chi connectivity index (χ0) is 23.5. The molecule has 1 saturated heterocycles. The number of carboxylic acids is 1. The van der Waals surface area contributed by atoms with Crippen LogP contribution in [-0.4, -0.2) is 42.8 Å². The molecule has 0 bridgehead atoms. The van der Waals surface area contributed by atoms with E-state index in [0.29, 0.717) is 18.5 Å². The lowest BCUT2D eigenvalue weighted by Gasteiger charge is -2.40. The topological polar surface area (TPSA) is 104 Å². The largest absolute Gasteiger partial charge is 0.478 e. The first-order valence-electron chi connectivity index (χ1n) is 10.6. The first-order chi connectivity index (χ1) is 15.8. The molecule has 4 rings (SSSR count). The first kappa shape index (κ1) is 22.7. The fourth-order valence-corrected chi connectivity index (χ4v) is 5.70. The molecule has 3 aromatic rings. The molecule has 0 spiro atoms. The second kappa shape index (κ2) is 9.17. The molecule has 0 aromatic heterocycles. The highest BCUT2D eigenvalue weighted by atomic mass is 32.2. The summed E-state index contributed by atoms with van der Waals surface area (Å²) in [6.45, 7) is 0.378. The quantitative estimate of drug-likeness (QED) is 0.578. The summed E-state index contributed by atoms with van der Waals surface area (Å²) in [5, 5.41) is 12.1. The van der Waals surface area contributed by atoms with Crippen molar-refractivity contribution in [3.8, 4) is 0 Å². The Morgan fingerprint density at radius 2 is 1.45 bits per heavy atom. The van der Waals surface area contributed by atoms with Gasteiger partial charge in [-0.05, 0) is 48.7 Å². The summed E-state index contributed by atoms with van der Waals surface area (Å²) in [4.78, 5) is 25.1. The second-order valence-electron chi connectivity index (χ2n) is 8.01. The van der Waals surface area contributed by atoms with Crippen LogP contribution in [0.3, 0.4) is 0 Å². The van der Waals surface area contributed by atoms with Gasteiger partial charge in [0.2, 0.25) is 15.9 Å². The van der Waals surface area contributed by atoms with Crippen LogP contribution in [0.25, 0.3) is 0 Å². The van der Waals surface area contributed by atoms with Crippen molar-refractivity contribution in [1.29, 1.82) is 0 Å². The summed E-state index contributed by atoms with van der Waals surface area (Å²) < 4.78 is 27.6. The molecule has 3 aromatic carbocycles. The Balaban J connectivity index is 1.61. The highest BCUT2D eigenvalue weighted by Crippen LogP contribution is 2.38. The summed E-state index contributed by atoms with van der Waals surface area (Å²) >= 11 is 0. The predicted octanol–water partition coefficient (Wildman–Crippen LogP) is 3.75. The van der Waals surface area contributed by atoms with Gasteiger partial charge in [0, 0.05) is 18.8 Å². The highest BCUT2D eigenvalue weighted by molar-refractivity contribution is 7.89. The van der Waals surface area contributed by atoms with Crippen LogP contribution in [0.4, 0.5) is 5.69 Å². The Kier molecular flexibility index (Phi) is 6.31. The second-order valence-corrected chi connectivity index (χ2v) is 9.94. The minimum atomic E-state index is -3.66. The zero-order valence-corrected chi connectivity index (χ0v) is 18.7. The smallest absolute Gasteiger partial charge is 0.335 e. The van der Waals surface area contributed by atoms with E-state index in [1.54, 1.807) is 42.5 Å². The molecule has 7 nitrogen and oxygen atoms in total. The van der Waals surface area contributed by atoms with Gasteiger partial charge in [0.15, 0.2) is 0 Å². The van der Waals surface area contributed by atoms with Gasteiger partial charge in [-0.1, -0.05) is 54.6 Å². The van der Waals surface area contributed by atoms with Crippen LogP contribution < -0.4 is 5.32 Å². The Morgan fingerprint density at radius 3 is 2.06 bits per heavy atom. The summed E-state index contributed by atoms with van der Waals surface area (Å²) in [7, 11) is -3.66. The van der Waals surface area contributed by atoms with Gasteiger partial charge in [-0.15, -0.1) is 0 Å². The molecule has 1 aliphatic heterocycles. The number of carbonyl (C=O) groups excluding carboxylic acids is 1. The number of hydrogen-bond acceptors (Lipinski definition) is 4. The number of aromatic carboxylic acids is 1. The number of piperidine rings is 1. The van der Waals surface area contributed by atoms with Gasteiger partial charge in [0.25, 0.3) is 0 Å². The van der Waals surface area contributed by atoms with Crippen LogP contribution in [-0.2, 0) is 20.2 Å². The summed E-state index contributed by atoms with van der Waals surface area (Å²) in [5.74, 6) is -1.36. The molecule has 0 aliphatic carbocycles. The number of nitrogens with zero attached hydrogens (tertiary/aromatic N) is 1. The number of anilines is 1. The van der Waals surface area contributed by atoms with Crippen LogP contribution in [0.2, 0.25) is 0 Å². The standard InChI is InChI=1S/C25H24N2O5S/c28-23(29)19-8-7-11-21(18-19)26-24(30)25(20-9-3-1-4-10-20)14-16-27(17-15-25)33(31,32)22-12-5-2-6-13-22/h1-13,18H,14-17H2,(H,26,30)(H,28,29). The monoisotopic (exact) mass is 464 g/mol. The number of rotatable bonds is 6. The molecule has 1 heterocycles. The van der Waals surface area contributed by atoms with E-state index < -0.39 is 21.4 Å². The molecule has 0 saturated carbocycles. The van der Waals surface area contributed by atoms with E-state index in [2.05, 4.69) is 5.32 Å². The number of benzene rings is 3. The molecule has 2 N–H and O–H groups in total. The van der Waals surface area contributed by atoms with Crippen molar-refractivity contribution in [3.63, 3.8) is 0 Å². The number of nitrogens with one attached hydrogen (secondary N) is 1. The molecular weight excluding hydrogens is 440 g/mol. The molecule has 0 atom stereocenters. The molecule has 1 amide bonds. The van der Waals surface area contributed by atoms with Gasteiger partial charge < -0.3 is 10.4 Å². The lowest BCUT2D eigenvalue weighted by Crippen LogP contribution is -2.50. The van der Waals surface area contributed by atoms with E-state index in [1.165, 1.54) is 16.4 Å². The maximum atomic E-state index is 13.6. The predicted molar refractivity (Wildman–Crippen MR) is 125 cm³/mol. The van der Waals surface area contributed by atoms with Gasteiger partial charge in [0.1, 0.15) is 0 Å². The van der Waals surface area contributed by atoms with E-state index in [1.807, 2.05) is 30.3 Å². The molecule has 33 heavy (non-hydrogen) atoms. The maximum absolute atomic E-state index is 13.6. The van der Waals surface area contributed by atoms with Gasteiger partial charge >= 0.3 is 5.97 Å². The third-order valence-corrected chi connectivity index (χ3v) is 8.00. The molecule has 1 fully saturated rings. The molecule has 8 heteroatoms. The van der Waals surface area contributed by atoms with E-state index >= 15 is 0 Å². The normalized spacial score (nSPS) is 16.1. The number of carboxylic acid groups (broad SMARTS) is 1. The summed E-state index contributed by atoms with van der Waals surface area (Å²) in [6, 6.07) is 23.6. The summed E-state index contributed by atoms with van der Waals surface area (Å²) in [5.41, 5.74) is 0.317.